The van der Waals surface area contributed by atoms with Crippen molar-refractivity contribution in [2.24, 2.45) is 0 Å². The van der Waals surface area contributed by atoms with Gasteiger partial charge in [-0.3, -0.25) is 4.79 Å². The van der Waals surface area contributed by atoms with Crippen LogP contribution in [-0.4, -0.2) is 5.78 Å². The summed E-state index contributed by atoms with van der Waals surface area (Å²) in [5.41, 5.74) is 0.336. The van der Waals surface area contributed by atoms with E-state index in [9.17, 15) is 13.6 Å². The Morgan fingerprint density at radius 1 is 1.11 bits per heavy atom. The van der Waals surface area contributed by atoms with Crippen LogP contribution in [0.15, 0.2) is 42.5 Å². The summed E-state index contributed by atoms with van der Waals surface area (Å²) in [6.07, 6.45) is -0.215. The van der Waals surface area contributed by atoms with Crippen LogP contribution in [-0.2, 0) is 6.42 Å². The highest BCUT2D eigenvalue weighted by atomic mass is 35.5. The van der Waals surface area contributed by atoms with Crippen molar-refractivity contribution < 1.29 is 13.6 Å². The lowest BCUT2D eigenvalue weighted by Gasteiger charge is -2.05. The van der Waals surface area contributed by atoms with E-state index in [1.165, 1.54) is 0 Å². The lowest BCUT2D eigenvalue weighted by molar-refractivity contribution is 0.0992. The van der Waals surface area contributed by atoms with Gasteiger partial charge in [-0.25, -0.2) is 8.78 Å². The fraction of sp³-hybridized carbons (Fsp3) is 0.0714. The number of hydrogen-bond acceptors (Lipinski definition) is 1. The molecule has 92 valence electrons. The van der Waals surface area contributed by atoms with Crippen LogP contribution in [0.5, 0.6) is 0 Å². The standard InChI is InChI=1S/C14H9ClF2O/c15-12-4-2-1-3-11(12)14(18)8-9-7-10(16)5-6-13(9)17/h1-7H,8H2. The molecule has 0 N–H and O–H groups in total. The summed E-state index contributed by atoms with van der Waals surface area (Å²) in [5.74, 6) is -1.51. The zero-order chi connectivity index (χ0) is 13.1. The second kappa shape index (κ2) is 5.27. The molecular formula is C14H9ClF2O. The van der Waals surface area contributed by atoms with Crippen molar-refractivity contribution in [2.75, 3.05) is 0 Å². The van der Waals surface area contributed by atoms with Gasteiger partial charge in [-0.15, -0.1) is 0 Å². The van der Waals surface area contributed by atoms with Crippen molar-refractivity contribution in [3.63, 3.8) is 0 Å². The van der Waals surface area contributed by atoms with E-state index in [2.05, 4.69) is 0 Å². The van der Waals surface area contributed by atoms with E-state index in [4.69, 9.17) is 11.6 Å². The molecule has 0 radical (unpaired) electrons. The molecule has 0 aliphatic heterocycles. The number of halogens is 3. The Bertz CT molecular complexity index is 596. The monoisotopic (exact) mass is 266 g/mol. The highest BCUT2D eigenvalue weighted by Gasteiger charge is 2.13. The maximum Gasteiger partial charge on any atom is 0.168 e. The summed E-state index contributed by atoms with van der Waals surface area (Å²) >= 11 is 5.87. The third-order valence-electron chi connectivity index (χ3n) is 2.53. The van der Waals surface area contributed by atoms with Crippen molar-refractivity contribution in [3.8, 4) is 0 Å². The zero-order valence-electron chi connectivity index (χ0n) is 9.29. The Hall–Kier alpha value is -1.74. The predicted molar refractivity (Wildman–Crippen MR) is 65.8 cm³/mol. The number of rotatable bonds is 3. The highest BCUT2D eigenvalue weighted by molar-refractivity contribution is 6.34. The minimum absolute atomic E-state index is 0.0277. The molecule has 0 bridgehead atoms. The van der Waals surface area contributed by atoms with E-state index in [0.29, 0.717) is 10.6 Å². The molecule has 1 nitrogen and oxygen atoms in total. The van der Waals surface area contributed by atoms with Gasteiger partial charge in [0.1, 0.15) is 11.6 Å². The van der Waals surface area contributed by atoms with Crippen LogP contribution in [0.25, 0.3) is 0 Å². The highest BCUT2D eigenvalue weighted by Crippen LogP contribution is 2.19. The molecule has 0 saturated carbocycles. The van der Waals surface area contributed by atoms with Crippen molar-refractivity contribution in [1.82, 2.24) is 0 Å². The molecule has 0 spiro atoms. The van der Waals surface area contributed by atoms with E-state index < -0.39 is 11.6 Å². The molecule has 0 fully saturated rings. The molecule has 2 aromatic carbocycles. The summed E-state index contributed by atoms with van der Waals surface area (Å²) in [5, 5.41) is 0.305. The molecular weight excluding hydrogens is 258 g/mol. The van der Waals surface area contributed by atoms with Gasteiger partial charge in [0.2, 0.25) is 0 Å². The van der Waals surface area contributed by atoms with Crippen LogP contribution >= 0.6 is 11.6 Å². The molecule has 2 aromatic rings. The van der Waals surface area contributed by atoms with Crippen LogP contribution < -0.4 is 0 Å². The number of Topliss-reactive ketones (excluding diaryl/α,β-unsaturated/α-hetero) is 1. The number of carbonyl (C=O) groups excluding carboxylic acids is 1. The second-order valence-corrected chi connectivity index (χ2v) is 4.22. The maximum absolute atomic E-state index is 13.4. The molecule has 0 saturated heterocycles. The summed E-state index contributed by atoms with van der Waals surface area (Å²) < 4.78 is 26.4. The van der Waals surface area contributed by atoms with Gasteiger partial charge in [-0.2, -0.15) is 0 Å². The normalized spacial score (nSPS) is 10.4. The molecule has 0 aliphatic carbocycles. The van der Waals surface area contributed by atoms with Crippen LogP contribution in [0.1, 0.15) is 15.9 Å². The van der Waals surface area contributed by atoms with Gasteiger partial charge in [0, 0.05) is 12.0 Å². The van der Waals surface area contributed by atoms with Gasteiger partial charge in [0.25, 0.3) is 0 Å². The summed E-state index contributed by atoms with van der Waals surface area (Å²) in [4.78, 5) is 11.9. The molecule has 4 heteroatoms. The van der Waals surface area contributed by atoms with E-state index in [0.717, 1.165) is 18.2 Å². The van der Waals surface area contributed by atoms with Gasteiger partial charge < -0.3 is 0 Å². The maximum atomic E-state index is 13.4. The van der Waals surface area contributed by atoms with Crippen molar-refractivity contribution in [3.05, 3.63) is 70.2 Å². The van der Waals surface area contributed by atoms with E-state index in [1.807, 2.05) is 0 Å². The van der Waals surface area contributed by atoms with Gasteiger partial charge in [-0.1, -0.05) is 23.7 Å². The smallest absolute Gasteiger partial charge is 0.168 e. The average Bonchev–Trinajstić information content (AvgIpc) is 2.34. The number of hydrogen-bond donors (Lipinski definition) is 0. The fourth-order valence-electron chi connectivity index (χ4n) is 1.63. The first-order valence-electron chi connectivity index (χ1n) is 5.29. The fourth-order valence-corrected chi connectivity index (χ4v) is 1.88. The average molecular weight is 267 g/mol. The summed E-state index contributed by atoms with van der Waals surface area (Å²) in [6.45, 7) is 0. The number of carbonyl (C=O) groups is 1. The Balaban J connectivity index is 2.27. The SMILES string of the molecule is O=C(Cc1cc(F)ccc1F)c1ccccc1Cl. The van der Waals surface area contributed by atoms with Gasteiger partial charge >= 0.3 is 0 Å². The van der Waals surface area contributed by atoms with E-state index >= 15 is 0 Å². The molecule has 0 unspecified atom stereocenters. The largest absolute Gasteiger partial charge is 0.294 e. The lowest BCUT2D eigenvalue weighted by Crippen LogP contribution is -2.06. The molecule has 0 heterocycles. The van der Waals surface area contributed by atoms with Crippen LogP contribution in [0.4, 0.5) is 8.78 Å². The van der Waals surface area contributed by atoms with Gasteiger partial charge in [0.05, 0.1) is 5.02 Å². The molecule has 0 atom stereocenters. The predicted octanol–water partition coefficient (Wildman–Crippen LogP) is 4.04. The molecule has 2 rings (SSSR count). The van der Waals surface area contributed by atoms with E-state index in [-0.39, 0.29) is 17.8 Å². The third kappa shape index (κ3) is 2.74. The topological polar surface area (TPSA) is 17.1 Å². The zero-order valence-corrected chi connectivity index (χ0v) is 10.0. The Morgan fingerprint density at radius 3 is 2.56 bits per heavy atom. The van der Waals surface area contributed by atoms with Crippen LogP contribution in [0.2, 0.25) is 5.02 Å². The lowest BCUT2D eigenvalue weighted by atomic mass is 10.0. The first-order chi connectivity index (χ1) is 8.58. The van der Waals surface area contributed by atoms with Crippen LogP contribution in [0, 0.1) is 11.6 Å². The minimum atomic E-state index is -0.600. The van der Waals surface area contributed by atoms with Crippen molar-refractivity contribution in [1.29, 1.82) is 0 Å². The number of benzene rings is 2. The van der Waals surface area contributed by atoms with Crippen LogP contribution in [0.3, 0.4) is 0 Å². The Morgan fingerprint density at radius 2 is 1.83 bits per heavy atom. The van der Waals surface area contributed by atoms with Crippen molar-refractivity contribution in [2.45, 2.75) is 6.42 Å². The molecule has 0 amide bonds. The molecule has 0 aromatic heterocycles. The summed E-state index contributed by atoms with van der Waals surface area (Å²) in [6, 6.07) is 9.54. The second-order valence-electron chi connectivity index (χ2n) is 3.82. The Labute approximate surface area is 108 Å². The molecule has 0 aliphatic rings. The third-order valence-corrected chi connectivity index (χ3v) is 2.86. The quantitative estimate of drug-likeness (QED) is 0.766. The van der Waals surface area contributed by atoms with E-state index in [1.54, 1.807) is 24.3 Å². The molecule has 18 heavy (non-hydrogen) atoms. The summed E-state index contributed by atoms with van der Waals surface area (Å²) in [7, 11) is 0. The first kappa shape index (κ1) is 12.7. The number of ketones is 1. The van der Waals surface area contributed by atoms with Gasteiger partial charge in [-0.05, 0) is 35.9 Å². The first-order valence-corrected chi connectivity index (χ1v) is 5.67. The van der Waals surface area contributed by atoms with Crippen molar-refractivity contribution >= 4 is 17.4 Å². The Kier molecular flexibility index (Phi) is 3.72. The minimum Gasteiger partial charge on any atom is -0.294 e. The van der Waals surface area contributed by atoms with Gasteiger partial charge in [0.15, 0.2) is 5.78 Å².